The van der Waals surface area contributed by atoms with E-state index in [-0.39, 0.29) is 17.9 Å². The lowest BCUT2D eigenvalue weighted by Gasteiger charge is -2.38. The summed E-state index contributed by atoms with van der Waals surface area (Å²) in [5.41, 5.74) is 3.05. The van der Waals surface area contributed by atoms with Crippen molar-refractivity contribution in [2.24, 2.45) is 0 Å². The molecular weight excluding hydrogens is 418 g/mol. The molecule has 1 saturated heterocycles. The number of nitrogens with zero attached hydrogens (tertiary/aromatic N) is 2. The van der Waals surface area contributed by atoms with Crippen LogP contribution in [0, 0.1) is 0 Å². The molecule has 0 radical (unpaired) electrons. The van der Waals surface area contributed by atoms with Gasteiger partial charge >= 0.3 is 5.97 Å². The van der Waals surface area contributed by atoms with Crippen molar-refractivity contribution < 1.29 is 19.8 Å². The van der Waals surface area contributed by atoms with Gasteiger partial charge in [0.15, 0.2) is 5.78 Å². The molecule has 0 amide bonds. The maximum Gasteiger partial charge on any atom is 0.352 e. The molecule has 2 aromatic carbocycles. The number of benzene rings is 2. The first-order chi connectivity index (χ1) is 14.8. The first-order valence-electron chi connectivity index (χ1n) is 10.1. The zero-order valence-corrected chi connectivity index (χ0v) is 17.9. The van der Waals surface area contributed by atoms with Crippen molar-refractivity contribution >= 4 is 39.9 Å². The standard InChI is InChI=1S/C23H24ClN3O4/c1-14(28)15-2-5-17(6-3-15)26-8-10-27(11-9-26)21(29)13-19-18-12-16(24)4-7-20(18)25-22(19)23(30)31/h2-7,12,21,25,29H,8-11,13H2,1H3,(H,30,31). The Morgan fingerprint density at radius 1 is 1.10 bits per heavy atom. The van der Waals surface area contributed by atoms with Crippen LogP contribution in [0.4, 0.5) is 5.69 Å². The first kappa shape index (κ1) is 21.4. The van der Waals surface area contributed by atoms with Gasteiger partial charge in [-0.15, -0.1) is 0 Å². The van der Waals surface area contributed by atoms with E-state index >= 15 is 0 Å². The number of fused-ring (bicyclic) bond motifs is 1. The molecule has 1 aromatic heterocycles. The van der Waals surface area contributed by atoms with Crippen LogP contribution in [0.2, 0.25) is 5.02 Å². The number of aromatic amines is 1. The highest BCUT2D eigenvalue weighted by molar-refractivity contribution is 6.31. The summed E-state index contributed by atoms with van der Waals surface area (Å²) >= 11 is 6.11. The molecule has 31 heavy (non-hydrogen) atoms. The van der Waals surface area contributed by atoms with Crippen LogP contribution in [0.15, 0.2) is 42.5 Å². The van der Waals surface area contributed by atoms with Gasteiger partial charge in [0.05, 0.1) is 0 Å². The van der Waals surface area contributed by atoms with Crippen molar-refractivity contribution in [2.45, 2.75) is 19.6 Å². The zero-order valence-electron chi connectivity index (χ0n) is 17.1. The van der Waals surface area contributed by atoms with Gasteiger partial charge in [-0.05, 0) is 55.0 Å². The highest BCUT2D eigenvalue weighted by Gasteiger charge is 2.26. The number of hydrogen-bond donors (Lipinski definition) is 3. The third-order valence-electron chi connectivity index (χ3n) is 5.84. The number of aromatic carboxylic acids is 1. The normalized spacial score (nSPS) is 15.9. The van der Waals surface area contributed by atoms with Crippen LogP contribution >= 0.6 is 11.6 Å². The van der Waals surface area contributed by atoms with Gasteiger partial charge < -0.3 is 20.1 Å². The second-order valence-electron chi connectivity index (χ2n) is 7.78. The van der Waals surface area contributed by atoms with Gasteiger partial charge in [-0.2, -0.15) is 0 Å². The summed E-state index contributed by atoms with van der Waals surface area (Å²) < 4.78 is 0. The number of H-pyrrole nitrogens is 1. The quantitative estimate of drug-likeness (QED) is 0.507. The average molecular weight is 442 g/mol. The summed E-state index contributed by atoms with van der Waals surface area (Å²) in [6, 6.07) is 12.7. The number of aliphatic hydroxyl groups is 1. The van der Waals surface area contributed by atoms with Gasteiger partial charge in [-0.3, -0.25) is 9.69 Å². The molecule has 1 unspecified atom stereocenters. The highest BCUT2D eigenvalue weighted by Crippen LogP contribution is 2.28. The molecule has 0 bridgehead atoms. The molecule has 8 heteroatoms. The van der Waals surface area contributed by atoms with Crippen molar-refractivity contribution in [1.82, 2.24) is 9.88 Å². The van der Waals surface area contributed by atoms with Crippen LogP contribution in [-0.4, -0.2) is 64.3 Å². The smallest absolute Gasteiger partial charge is 0.352 e. The first-order valence-corrected chi connectivity index (χ1v) is 10.5. The molecule has 162 valence electrons. The Morgan fingerprint density at radius 3 is 2.39 bits per heavy atom. The fourth-order valence-electron chi connectivity index (χ4n) is 4.11. The molecule has 1 atom stereocenters. The molecular formula is C23H24ClN3O4. The Kier molecular flexibility index (Phi) is 6.00. The maximum atomic E-state index is 11.7. The number of nitrogens with one attached hydrogen (secondary N) is 1. The molecule has 0 spiro atoms. The van der Waals surface area contributed by atoms with E-state index in [1.165, 1.54) is 0 Å². The minimum atomic E-state index is -1.06. The van der Waals surface area contributed by atoms with Gasteiger partial charge in [0.1, 0.15) is 11.9 Å². The van der Waals surface area contributed by atoms with Gasteiger partial charge in [0, 0.05) is 59.8 Å². The van der Waals surface area contributed by atoms with E-state index in [0.29, 0.717) is 40.1 Å². The number of rotatable bonds is 6. The van der Waals surface area contributed by atoms with E-state index in [9.17, 15) is 19.8 Å². The van der Waals surface area contributed by atoms with E-state index in [1.807, 2.05) is 29.2 Å². The minimum Gasteiger partial charge on any atom is -0.477 e. The Labute approximate surface area is 184 Å². The van der Waals surface area contributed by atoms with Gasteiger partial charge in [-0.1, -0.05) is 11.6 Å². The lowest BCUT2D eigenvalue weighted by atomic mass is 10.1. The molecule has 2 heterocycles. The number of Topliss-reactive ketones (excluding diaryl/α,β-unsaturated/α-hetero) is 1. The van der Waals surface area contributed by atoms with E-state index in [1.54, 1.807) is 25.1 Å². The zero-order chi connectivity index (χ0) is 22.1. The van der Waals surface area contributed by atoms with E-state index < -0.39 is 12.2 Å². The number of hydrogen-bond acceptors (Lipinski definition) is 5. The monoisotopic (exact) mass is 441 g/mol. The van der Waals surface area contributed by atoms with Crippen LogP contribution in [0.3, 0.4) is 0 Å². The number of carbonyl (C=O) groups excluding carboxylic acids is 1. The summed E-state index contributed by atoms with van der Waals surface area (Å²) in [6.07, 6.45) is -0.617. The van der Waals surface area contributed by atoms with Crippen molar-refractivity contribution in [3.8, 4) is 0 Å². The Morgan fingerprint density at radius 2 is 1.77 bits per heavy atom. The molecule has 3 N–H and O–H groups in total. The fourth-order valence-corrected chi connectivity index (χ4v) is 4.28. The Bertz CT molecular complexity index is 1120. The predicted octanol–water partition coefficient (Wildman–Crippen LogP) is 3.41. The lowest BCUT2D eigenvalue weighted by Crippen LogP contribution is -2.51. The third-order valence-corrected chi connectivity index (χ3v) is 6.08. The lowest BCUT2D eigenvalue weighted by molar-refractivity contribution is 0.00116. The third kappa shape index (κ3) is 4.44. The molecule has 0 aliphatic carbocycles. The van der Waals surface area contributed by atoms with Crippen molar-refractivity contribution in [1.29, 1.82) is 0 Å². The predicted molar refractivity (Wildman–Crippen MR) is 120 cm³/mol. The number of carboxylic acid groups (broad SMARTS) is 1. The highest BCUT2D eigenvalue weighted by atomic mass is 35.5. The van der Waals surface area contributed by atoms with Gasteiger partial charge in [-0.25, -0.2) is 4.79 Å². The number of aliphatic hydroxyl groups excluding tert-OH is 1. The SMILES string of the molecule is CC(=O)c1ccc(N2CCN(C(O)Cc3c(C(=O)O)[nH]c4ccc(Cl)cc34)CC2)cc1. The number of halogens is 1. The molecule has 4 rings (SSSR count). The van der Waals surface area contributed by atoms with E-state index in [0.717, 1.165) is 18.8 Å². The molecule has 1 aliphatic rings. The summed E-state index contributed by atoms with van der Waals surface area (Å²) in [6.45, 7) is 4.28. The largest absolute Gasteiger partial charge is 0.477 e. The van der Waals surface area contributed by atoms with Crippen LogP contribution in [-0.2, 0) is 6.42 Å². The van der Waals surface area contributed by atoms with Crippen LogP contribution in [0.1, 0.15) is 33.3 Å². The Hall–Kier alpha value is -2.87. The molecule has 1 aliphatic heterocycles. The summed E-state index contributed by atoms with van der Waals surface area (Å²) in [4.78, 5) is 30.2. The molecule has 7 nitrogen and oxygen atoms in total. The summed E-state index contributed by atoms with van der Waals surface area (Å²) in [7, 11) is 0. The number of piperazine rings is 1. The number of ketones is 1. The fraction of sp³-hybridized carbons (Fsp3) is 0.304. The topological polar surface area (TPSA) is 96.9 Å². The number of carbonyl (C=O) groups is 2. The molecule has 0 saturated carbocycles. The maximum absolute atomic E-state index is 11.7. The molecule has 1 fully saturated rings. The number of aromatic nitrogens is 1. The van der Waals surface area contributed by atoms with Gasteiger partial charge in [0.2, 0.25) is 0 Å². The van der Waals surface area contributed by atoms with Crippen LogP contribution < -0.4 is 4.90 Å². The van der Waals surface area contributed by atoms with Crippen LogP contribution in [0.25, 0.3) is 10.9 Å². The summed E-state index contributed by atoms with van der Waals surface area (Å²) in [5.74, 6) is -1.02. The molecule has 3 aromatic rings. The number of anilines is 1. The van der Waals surface area contributed by atoms with Crippen molar-refractivity contribution in [3.63, 3.8) is 0 Å². The minimum absolute atomic E-state index is 0.0405. The van der Waals surface area contributed by atoms with E-state index in [2.05, 4.69) is 9.88 Å². The number of carboxylic acids is 1. The van der Waals surface area contributed by atoms with Gasteiger partial charge in [0.25, 0.3) is 0 Å². The second-order valence-corrected chi connectivity index (χ2v) is 8.22. The summed E-state index contributed by atoms with van der Waals surface area (Å²) in [5, 5.41) is 21.7. The van der Waals surface area contributed by atoms with Crippen LogP contribution in [0.5, 0.6) is 0 Å². The van der Waals surface area contributed by atoms with Crippen molar-refractivity contribution in [2.75, 3.05) is 31.1 Å². The van der Waals surface area contributed by atoms with E-state index in [4.69, 9.17) is 11.6 Å². The second kappa shape index (κ2) is 8.70. The average Bonchev–Trinajstić information content (AvgIpc) is 3.11. The Balaban J connectivity index is 1.45. The van der Waals surface area contributed by atoms with Crippen molar-refractivity contribution in [3.05, 3.63) is 64.3 Å².